The lowest BCUT2D eigenvalue weighted by Gasteiger charge is -2.43. The normalized spacial score (nSPS) is 19.9. The fourth-order valence-corrected chi connectivity index (χ4v) is 9.14. The van der Waals surface area contributed by atoms with Gasteiger partial charge < -0.3 is 19.4 Å². The molecule has 56 heavy (non-hydrogen) atoms. The van der Waals surface area contributed by atoms with Crippen LogP contribution in [0.3, 0.4) is 0 Å². The second kappa shape index (κ2) is 17.0. The van der Waals surface area contributed by atoms with Crippen molar-refractivity contribution >= 4 is 40.5 Å². The number of likely N-dealkylation sites (tertiary alicyclic amines) is 2. The van der Waals surface area contributed by atoms with Crippen LogP contribution in [0.4, 0.5) is 0 Å². The van der Waals surface area contributed by atoms with Crippen LogP contribution in [0.2, 0.25) is 0 Å². The number of fused-ring (bicyclic) bond motifs is 2. The number of Topliss-reactive ketones (excluding diaryl/α,β-unsaturated/α-hetero) is 1. The first kappa shape index (κ1) is 39.9. The first-order valence-electron chi connectivity index (χ1n) is 20.8. The highest BCUT2D eigenvalue weighted by Crippen LogP contribution is 2.33. The van der Waals surface area contributed by atoms with Crippen LogP contribution in [0.15, 0.2) is 48.2 Å². The van der Waals surface area contributed by atoms with E-state index in [4.69, 9.17) is 4.74 Å². The lowest BCUT2D eigenvalue weighted by Crippen LogP contribution is -2.55. The molecule has 1 atom stereocenters. The number of aryl methyl sites for hydroxylation is 1. The van der Waals surface area contributed by atoms with Crippen molar-refractivity contribution < 1.29 is 23.9 Å². The molecule has 0 saturated carbocycles. The zero-order valence-electron chi connectivity index (χ0n) is 34.1. The van der Waals surface area contributed by atoms with E-state index in [9.17, 15) is 19.2 Å². The summed E-state index contributed by atoms with van der Waals surface area (Å²) < 4.78 is 7.37. The van der Waals surface area contributed by atoms with E-state index in [1.165, 1.54) is 0 Å². The number of piperazine rings is 1. The van der Waals surface area contributed by atoms with Gasteiger partial charge in [0.15, 0.2) is 12.5 Å². The molecule has 300 valence electrons. The van der Waals surface area contributed by atoms with Gasteiger partial charge in [0.1, 0.15) is 0 Å². The number of benzene rings is 2. The van der Waals surface area contributed by atoms with Crippen molar-refractivity contribution in [2.75, 3.05) is 59.4 Å². The number of ether oxygens (including phenoxy) is 1. The highest BCUT2D eigenvalue weighted by Gasteiger charge is 2.35. The zero-order valence-corrected chi connectivity index (χ0v) is 34.1. The van der Waals surface area contributed by atoms with Gasteiger partial charge >= 0.3 is 5.97 Å². The molecule has 0 N–H and O–H groups in total. The number of esters is 1. The van der Waals surface area contributed by atoms with Crippen LogP contribution < -0.4 is 0 Å². The number of allylic oxidation sites excluding steroid dienone is 1. The van der Waals surface area contributed by atoms with Crippen LogP contribution in [-0.2, 0) is 43.5 Å². The summed E-state index contributed by atoms with van der Waals surface area (Å²) >= 11 is 0. The minimum absolute atomic E-state index is 0.00324. The molecule has 3 saturated heterocycles. The quantitative estimate of drug-likeness (QED) is 0.235. The molecular formula is C45H60N6O5. The van der Waals surface area contributed by atoms with Crippen LogP contribution in [0, 0.1) is 24.2 Å². The number of carbonyl (C=O) groups is 4. The second-order valence-electron chi connectivity index (χ2n) is 17.3. The minimum atomic E-state index is -0.571. The molecule has 2 amide bonds. The van der Waals surface area contributed by atoms with Gasteiger partial charge in [-0.05, 0) is 125 Å². The SMILES string of the molecule is CCC(C)(C)C(=O)OCn1ncc2cc(C[C@@H](CC(=O)N3CCC(C4=Cc5ccccc5CC4=O)CC3)C(=O)N3CCN(C4CCN(C)CC4)CC3)cc(C)c21. The molecule has 3 aliphatic heterocycles. The molecule has 11 nitrogen and oxygen atoms in total. The van der Waals surface area contributed by atoms with Gasteiger partial charge in [0.25, 0.3) is 0 Å². The largest absolute Gasteiger partial charge is 0.442 e. The first-order chi connectivity index (χ1) is 26.9. The Bertz CT molecular complexity index is 1960. The number of piperidine rings is 2. The average Bonchev–Trinajstić information content (AvgIpc) is 3.62. The summed E-state index contributed by atoms with van der Waals surface area (Å²) in [6.07, 6.45) is 9.36. The van der Waals surface area contributed by atoms with Crippen molar-refractivity contribution in [2.45, 2.75) is 91.8 Å². The number of nitrogens with zero attached hydrogens (tertiary/aromatic N) is 6. The fourth-order valence-electron chi connectivity index (χ4n) is 9.14. The summed E-state index contributed by atoms with van der Waals surface area (Å²) in [7, 11) is 2.18. The summed E-state index contributed by atoms with van der Waals surface area (Å²) in [6, 6.07) is 12.8. The van der Waals surface area contributed by atoms with Crippen molar-refractivity contribution in [2.24, 2.45) is 17.3 Å². The van der Waals surface area contributed by atoms with Crippen molar-refractivity contribution in [3.05, 3.63) is 70.4 Å². The maximum atomic E-state index is 14.5. The molecule has 0 spiro atoms. The zero-order chi connectivity index (χ0) is 39.6. The predicted molar refractivity (Wildman–Crippen MR) is 218 cm³/mol. The predicted octanol–water partition coefficient (Wildman–Crippen LogP) is 5.52. The standard InChI is InChI=1S/C45H60N6O5/c1-6-45(3,4)44(55)56-30-51-42-31(2)23-32(25-37(42)29-46-51)24-36(43(54)50-21-19-48(20-22-50)38-13-15-47(5)16-14-38)28-41(53)49-17-11-33(12-18-49)39-26-34-9-7-8-10-35(34)27-40(39)52/h7-10,23,25-26,29,33,36,38H,6,11-22,24,27-28,30H2,1-5H3/t36-/m0/s1. The van der Waals surface area contributed by atoms with E-state index in [0.717, 1.165) is 90.6 Å². The Morgan fingerprint density at radius 3 is 2.36 bits per heavy atom. The Kier molecular flexibility index (Phi) is 12.1. The van der Waals surface area contributed by atoms with E-state index < -0.39 is 11.3 Å². The molecule has 4 aliphatic rings. The third-order valence-electron chi connectivity index (χ3n) is 13.1. The highest BCUT2D eigenvalue weighted by molar-refractivity contribution is 6.04. The van der Waals surface area contributed by atoms with Gasteiger partial charge in [-0.25, -0.2) is 4.68 Å². The molecule has 11 heteroatoms. The third-order valence-corrected chi connectivity index (χ3v) is 13.1. The van der Waals surface area contributed by atoms with E-state index >= 15 is 0 Å². The van der Waals surface area contributed by atoms with E-state index in [2.05, 4.69) is 46.2 Å². The molecule has 7 rings (SSSR count). The van der Waals surface area contributed by atoms with E-state index in [1.807, 2.05) is 55.7 Å². The number of ketones is 1. The average molecular weight is 765 g/mol. The monoisotopic (exact) mass is 764 g/mol. The fraction of sp³-hybridized carbons (Fsp3) is 0.578. The lowest BCUT2D eigenvalue weighted by atomic mass is 9.80. The number of hydrogen-bond donors (Lipinski definition) is 0. The van der Waals surface area contributed by atoms with Gasteiger partial charge in [0.2, 0.25) is 11.8 Å². The van der Waals surface area contributed by atoms with Crippen molar-refractivity contribution in [3.63, 3.8) is 0 Å². The Hall–Kier alpha value is -4.35. The summed E-state index contributed by atoms with van der Waals surface area (Å²) in [6.45, 7) is 14.2. The summed E-state index contributed by atoms with van der Waals surface area (Å²) in [4.78, 5) is 63.2. The molecule has 4 heterocycles. The molecule has 1 aromatic heterocycles. The van der Waals surface area contributed by atoms with Crippen molar-refractivity contribution in [1.82, 2.24) is 29.4 Å². The van der Waals surface area contributed by atoms with Crippen LogP contribution in [0.1, 0.15) is 81.5 Å². The first-order valence-corrected chi connectivity index (χ1v) is 20.8. The summed E-state index contributed by atoms with van der Waals surface area (Å²) in [5.41, 5.74) is 5.36. The number of amides is 2. The number of carbonyl (C=O) groups excluding carboxylic acids is 4. The second-order valence-corrected chi connectivity index (χ2v) is 17.3. The van der Waals surface area contributed by atoms with Gasteiger partial charge in [0.05, 0.1) is 23.0 Å². The summed E-state index contributed by atoms with van der Waals surface area (Å²) in [5.74, 6) is -0.385. The van der Waals surface area contributed by atoms with Gasteiger partial charge in [-0.3, -0.25) is 24.1 Å². The van der Waals surface area contributed by atoms with E-state index in [-0.39, 0.29) is 42.6 Å². The Morgan fingerprint density at radius 2 is 1.64 bits per heavy atom. The molecule has 2 aromatic carbocycles. The van der Waals surface area contributed by atoms with Gasteiger partial charge in [-0.15, -0.1) is 0 Å². The van der Waals surface area contributed by atoms with Crippen LogP contribution >= 0.6 is 0 Å². The molecule has 0 radical (unpaired) electrons. The number of rotatable bonds is 11. The Labute approximate surface area is 332 Å². The highest BCUT2D eigenvalue weighted by atomic mass is 16.5. The molecule has 0 bridgehead atoms. The Morgan fingerprint density at radius 1 is 0.929 bits per heavy atom. The molecular weight excluding hydrogens is 705 g/mol. The topological polar surface area (TPSA) is 108 Å². The lowest BCUT2D eigenvalue weighted by molar-refractivity contribution is -0.158. The smallest absolute Gasteiger partial charge is 0.313 e. The number of aromatic nitrogens is 2. The maximum Gasteiger partial charge on any atom is 0.313 e. The van der Waals surface area contributed by atoms with Crippen molar-refractivity contribution in [1.29, 1.82) is 0 Å². The molecule has 3 aromatic rings. The molecule has 0 unspecified atom stereocenters. The Balaban J connectivity index is 1.04. The number of hydrogen-bond acceptors (Lipinski definition) is 8. The molecule has 1 aliphatic carbocycles. The van der Waals surface area contributed by atoms with Gasteiger partial charge in [-0.1, -0.05) is 37.3 Å². The van der Waals surface area contributed by atoms with Crippen molar-refractivity contribution in [3.8, 4) is 0 Å². The van der Waals surface area contributed by atoms with Gasteiger partial charge in [-0.2, -0.15) is 5.10 Å². The van der Waals surface area contributed by atoms with E-state index in [1.54, 1.807) is 10.9 Å². The summed E-state index contributed by atoms with van der Waals surface area (Å²) in [5, 5.41) is 5.46. The van der Waals surface area contributed by atoms with Crippen LogP contribution in [0.5, 0.6) is 0 Å². The van der Waals surface area contributed by atoms with Crippen LogP contribution in [-0.4, -0.2) is 118 Å². The third kappa shape index (κ3) is 8.79. The minimum Gasteiger partial charge on any atom is -0.442 e. The maximum absolute atomic E-state index is 14.5. The van der Waals surface area contributed by atoms with Gasteiger partial charge in [0, 0.05) is 63.5 Å². The van der Waals surface area contributed by atoms with E-state index in [0.29, 0.717) is 51.5 Å². The van der Waals surface area contributed by atoms with Crippen LogP contribution in [0.25, 0.3) is 17.0 Å². The molecule has 3 fully saturated rings.